The second-order valence-electron chi connectivity index (χ2n) is 5.59. The lowest BCUT2D eigenvalue weighted by atomic mass is 10.1. The van der Waals surface area contributed by atoms with Crippen molar-refractivity contribution in [1.82, 2.24) is 10.6 Å². The molecular weight excluding hydrogens is 232 g/mol. The Bertz CT molecular complexity index is 132. The predicted molar refractivity (Wildman–Crippen MR) is 87.1 cm³/mol. The van der Waals surface area contributed by atoms with Crippen LogP contribution in [0.5, 0.6) is 0 Å². The topological polar surface area (TPSA) is 24.1 Å². The van der Waals surface area contributed by atoms with Gasteiger partial charge in [-0.05, 0) is 25.9 Å². The van der Waals surface area contributed by atoms with E-state index in [2.05, 4.69) is 24.5 Å². The largest absolute Gasteiger partial charge is 0.299 e. The van der Waals surface area contributed by atoms with Crippen molar-refractivity contribution < 1.29 is 0 Å². The van der Waals surface area contributed by atoms with E-state index in [0.717, 1.165) is 13.1 Å². The van der Waals surface area contributed by atoms with E-state index < -0.39 is 0 Å². The van der Waals surface area contributed by atoms with Crippen LogP contribution in [0.2, 0.25) is 0 Å². The zero-order chi connectivity index (χ0) is 14.0. The Morgan fingerprint density at radius 2 is 0.895 bits per heavy atom. The lowest BCUT2D eigenvalue weighted by Crippen LogP contribution is -2.24. The summed E-state index contributed by atoms with van der Waals surface area (Å²) in [6, 6.07) is 0. The molecule has 0 aromatic rings. The SMILES string of the molecule is CCCCCCCCN[CH]NCCCCCCCC. The summed E-state index contributed by atoms with van der Waals surface area (Å²) in [5.74, 6) is 0. The van der Waals surface area contributed by atoms with E-state index in [9.17, 15) is 0 Å². The van der Waals surface area contributed by atoms with Gasteiger partial charge in [-0.3, -0.25) is 10.6 Å². The maximum Gasteiger partial charge on any atom is 0.0866 e. The smallest absolute Gasteiger partial charge is 0.0866 e. The maximum absolute atomic E-state index is 3.35. The van der Waals surface area contributed by atoms with Crippen LogP contribution in [-0.4, -0.2) is 13.1 Å². The highest BCUT2D eigenvalue weighted by Gasteiger charge is 1.92. The average molecular weight is 269 g/mol. The van der Waals surface area contributed by atoms with Crippen LogP contribution in [0.4, 0.5) is 0 Å². The molecule has 19 heavy (non-hydrogen) atoms. The fraction of sp³-hybridized carbons (Fsp3) is 0.941. The third-order valence-electron chi connectivity index (χ3n) is 3.55. The summed E-state index contributed by atoms with van der Waals surface area (Å²) >= 11 is 0. The minimum Gasteiger partial charge on any atom is -0.299 e. The van der Waals surface area contributed by atoms with E-state index in [1.807, 2.05) is 6.67 Å². The molecule has 0 bridgehead atoms. The van der Waals surface area contributed by atoms with Gasteiger partial charge in [-0.15, -0.1) is 0 Å². The van der Waals surface area contributed by atoms with E-state index in [1.165, 1.54) is 77.0 Å². The highest BCUT2D eigenvalue weighted by atomic mass is 15.0. The van der Waals surface area contributed by atoms with Gasteiger partial charge in [0.25, 0.3) is 0 Å². The summed E-state index contributed by atoms with van der Waals surface area (Å²) < 4.78 is 0. The van der Waals surface area contributed by atoms with Gasteiger partial charge in [0.05, 0.1) is 6.67 Å². The van der Waals surface area contributed by atoms with Crippen molar-refractivity contribution in [2.75, 3.05) is 13.1 Å². The Morgan fingerprint density at radius 3 is 1.32 bits per heavy atom. The molecule has 115 valence electrons. The average Bonchev–Trinajstić information content (AvgIpc) is 2.43. The Hall–Kier alpha value is -0.0800. The number of hydrogen-bond acceptors (Lipinski definition) is 2. The molecule has 0 spiro atoms. The highest BCUT2D eigenvalue weighted by Crippen LogP contribution is 2.04. The third-order valence-corrected chi connectivity index (χ3v) is 3.55. The molecule has 2 N–H and O–H groups in total. The quantitative estimate of drug-likeness (QED) is 0.385. The normalized spacial score (nSPS) is 11.1. The molecule has 0 heterocycles. The number of hydrogen-bond donors (Lipinski definition) is 2. The van der Waals surface area contributed by atoms with Gasteiger partial charge in [-0.2, -0.15) is 0 Å². The lowest BCUT2D eigenvalue weighted by molar-refractivity contribution is 0.559. The molecule has 1 radical (unpaired) electrons. The minimum absolute atomic E-state index is 1.12. The molecular formula is C17H37N2. The Morgan fingerprint density at radius 1 is 0.526 bits per heavy atom. The van der Waals surface area contributed by atoms with Crippen molar-refractivity contribution in [3.63, 3.8) is 0 Å². The first-order chi connectivity index (χ1) is 9.41. The first-order valence-electron chi connectivity index (χ1n) is 8.70. The third kappa shape index (κ3) is 17.9. The summed E-state index contributed by atoms with van der Waals surface area (Å²) in [5, 5.41) is 6.70. The summed E-state index contributed by atoms with van der Waals surface area (Å²) in [5.41, 5.74) is 0. The zero-order valence-electron chi connectivity index (χ0n) is 13.5. The molecule has 0 aliphatic carbocycles. The van der Waals surface area contributed by atoms with Gasteiger partial charge in [0.1, 0.15) is 0 Å². The Kier molecular flexibility index (Phi) is 17.8. The number of unbranched alkanes of at least 4 members (excludes halogenated alkanes) is 10. The molecule has 0 aromatic heterocycles. The predicted octanol–water partition coefficient (Wildman–Crippen LogP) is 5.01. The molecule has 0 saturated heterocycles. The molecule has 0 unspecified atom stereocenters. The van der Waals surface area contributed by atoms with Crippen molar-refractivity contribution >= 4 is 0 Å². The Balaban J connectivity index is 2.88. The van der Waals surface area contributed by atoms with Gasteiger partial charge >= 0.3 is 0 Å². The fourth-order valence-electron chi connectivity index (χ4n) is 2.23. The van der Waals surface area contributed by atoms with Gasteiger partial charge in [-0.1, -0.05) is 78.1 Å². The second-order valence-corrected chi connectivity index (χ2v) is 5.59. The summed E-state index contributed by atoms with van der Waals surface area (Å²) in [6.45, 7) is 8.82. The van der Waals surface area contributed by atoms with Crippen molar-refractivity contribution in [3.05, 3.63) is 6.67 Å². The van der Waals surface area contributed by atoms with Crippen LogP contribution in [-0.2, 0) is 0 Å². The molecule has 2 nitrogen and oxygen atoms in total. The van der Waals surface area contributed by atoms with Crippen LogP contribution in [0.1, 0.15) is 90.9 Å². The van der Waals surface area contributed by atoms with Crippen LogP contribution in [0.25, 0.3) is 0 Å². The standard InChI is InChI=1S/C17H37N2/c1-3-5-7-9-11-13-15-18-17-19-16-14-12-10-8-6-4-2/h17-19H,3-16H2,1-2H3. The van der Waals surface area contributed by atoms with Gasteiger partial charge in [0.2, 0.25) is 0 Å². The molecule has 0 fully saturated rings. The van der Waals surface area contributed by atoms with Crippen molar-refractivity contribution in [2.24, 2.45) is 0 Å². The molecule has 0 atom stereocenters. The zero-order valence-corrected chi connectivity index (χ0v) is 13.5. The van der Waals surface area contributed by atoms with E-state index in [1.54, 1.807) is 0 Å². The number of rotatable bonds is 16. The van der Waals surface area contributed by atoms with E-state index in [4.69, 9.17) is 0 Å². The fourth-order valence-corrected chi connectivity index (χ4v) is 2.23. The van der Waals surface area contributed by atoms with Crippen molar-refractivity contribution in [2.45, 2.75) is 90.9 Å². The van der Waals surface area contributed by atoms with Crippen molar-refractivity contribution in [1.29, 1.82) is 0 Å². The summed E-state index contributed by atoms with van der Waals surface area (Å²) in [6.07, 6.45) is 16.5. The molecule has 0 aromatic carbocycles. The Labute approximate surface area is 122 Å². The minimum atomic E-state index is 1.12. The second kappa shape index (κ2) is 17.9. The summed E-state index contributed by atoms with van der Waals surface area (Å²) in [4.78, 5) is 0. The molecule has 0 aliphatic heterocycles. The van der Waals surface area contributed by atoms with Gasteiger partial charge in [0, 0.05) is 0 Å². The molecule has 0 amide bonds. The van der Waals surface area contributed by atoms with Crippen LogP contribution in [0.3, 0.4) is 0 Å². The van der Waals surface area contributed by atoms with Gasteiger partial charge in [0.15, 0.2) is 0 Å². The first-order valence-corrected chi connectivity index (χ1v) is 8.70. The number of nitrogens with one attached hydrogen (secondary N) is 2. The molecule has 0 rings (SSSR count). The van der Waals surface area contributed by atoms with Gasteiger partial charge in [-0.25, -0.2) is 0 Å². The molecule has 0 aliphatic rings. The molecule has 2 heteroatoms. The van der Waals surface area contributed by atoms with Crippen molar-refractivity contribution in [3.8, 4) is 0 Å². The van der Waals surface area contributed by atoms with E-state index in [0.29, 0.717) is 0 Å². The molecule has 0 saturated carbocycles. The first kappa shape index (κ1) is 18.9. The monoisotopic (exact) mass is 269 g/mol. The summed E-state index contributed by atoms with van der Waals surface area (Å²) in [7, 11) is 0. The van der Waals surface area contributed by atoms with Crippen LogP contribution >= 0.6 is 0 Å². The maximum atomic E-state index is 3.35. The van der Waals surface area contributed by atoms with Crippen LogP contribution in [0, 0.1) is 6.67 Å². The van der Waals surface area contributed by atoms with Crippen LogP contribution < -0.4 is 10.6 Å². The lowest BCUT2D eigenvalue weighted by Gasteiger charge is -2.06. The van der Waals surface area contributed by atoms with E-state index in [-0.39, 0.29) is 0 Å². The van der Waals surface area contributed by atoms with Crippen LogP contribution in [0.15, 0.2) is 0 Å². The van der Waals surface area contributed by atoms with E-state index >= 15 is 0 Å². The van der Waals surface area contributed by atoms with Gasteiger partial charge < -0.3 is 0 Å². The highest BCUT2D eigenvalue weighted by molar-refractivity contribution is 4.59.